The molecule has 10 heteroatoms. The van der Waals surface area contributed by atoms with E-state index >= 15 is 0 Å². The maximum atomic E-state index is 12.8. The van der Waals surface area contributed by atoms with Gasteiger partial charge in [0.25, 0.3) is 5.82 Å². The highest BCUT2D eigenvalue weighted by Crippen LogP contribution is 2.33. The van der Waals surface area contributed by atoms with E-state index in [-0.39, 0.29) is 11.6 Å². The second kappa shape index (κ2) is 4.83. The molecular weight excluding hydrogens is 303 g/mol. The van der Waals surface area contributed by atoms with Crippen LogP contribution >= 0.6 is 0 Å². The van der Waals surface area contributed by atoms with E-state index in [0.717, 1.165) is 4.68 Å². The molecule has 2 aromatic rings. The van der Waals surface area contributed by atoms with Crippen molar-refractivity contribution in [2.45, 2.75) is 12.2 Å². The lowest BCUT2D eigenvalue weighted by molar-refractivity contribution is -0.145. The lowest BCUT2D eigenvalue weighted by atomic mass is 10.1. The zero-order chi connectivity index (χ0) is 15.9. The number of carbonyl (C=O) groups is 1. The van der Waals surface area contributed by atoms with Crippen LogP contribution in [-0.4, -0.2) is 30.8 Å². The van der Waals surface area contributed by atoms with Crippen LogP contribution in [0.1, 0.15) is 17.4 Å². The quantitative estimate of drug-likeness (QED) is 0.876. The standard InChI is InChI=1S/C12H8F3N5O2/c13-12(14,15)10-18-11-17-7(9(21)22)5-8(20(11)19-10)6-1-3-16-4-2-6/h1-5,8H,(H,21,22)(H,17,18,19). The normalized spacial score (nSPS) is 17.4. The van der Waals surface area contributed by atoms with E-state index in [1.165, 1.54) is 18.5 Å². The summed E-state index contributed by atoms with van der Waals surface area (Å²) in [5.74, 6) is -2.93. The van der Waals surface area contributed by atoms with Crippen LogP contribution in [-0.2, 0) is 11.0 Å². The smallest absolute Gasteiger partial charge is 0.453 e. The first-order chi connectivity index (χ1) is 10.4. The van der Waals surface area contributed by atoms with Gasteiger partial charge in [0.05, 0.1) is 0 Å². The molecule has 0 aliphatic carbocycles. The van der Waals surface area contributed by atoms with Crippen molar-refractivity contribution in [3.63, 3.8) is 0 Å². The number of alkyl halides is 3. The Morgan fingerprint density at radius 3 is 2.59 bits per heavy atom. The summed E-state index contributed by atoms with van der Waals surface area (Å²) >= 11 is 0. The van der Waals surface area contributed by atoms with Crippen LogP contribution in [0.15, 0.2) is 36.3 Å². The van der Waals surface area contributed by atoms with Crippen LogP contribution in [0.2, 0.25) is 0 Å². The molecule has 0 radical (unpaired) electrons. The minimum absolute atomic E-state index is 0.268. The van der Waals surface area contributed by atoms with Gasteiger partial charge in [-0.1, -0.05) is 0 Å². The van der Waals surface area contributed by atoms with Gasteiger partial charge in [-0.3, -0.25) is 4.98 Å². The summed E-state index contributed by atoms with van der Waals surface area (Å²) in [5, 5.41) is 14.8. The van der Waals surface area contributed by atoms with E-state index < -0.39 is 24.0 Å². The molecule has 0 saturated heterocycles. The van der Waals surface area contributed by atoms with Gasteiger partial charge in [-0.25, -0.2) is 9.48 Å². The summed E-state index contributed by atoms with van der Waals surface area (Å²) in [6, 6.07) is 2.30. The second-order valence-corrected chi connectivity index (χ2v) is 4.44. The summed E-state index contributed by atoms with van der Waals surface area (Å²) < 4.78 is 39.2. The van der Waals surface area contributed by atoms with E-state index in [4.69, 9.17) is 5.11 Å². The molecule has 0 saturated carbocycles. The SMILES string of the molecule is O=C(O)C1=CC(c2ccncc2)n2nc(C(F)(F)F)nc2N1. The van der Waals surface area contributed by atoms with E-state index in [9.17, 15) is 18.0 Å². The number of nitrogens with one attached hydrogen (secondary N) is 1. The maximum Gasteiger partial charge on any atom is 0.453 e. The number of rotatable bonds is 2. The molecule has 1 atom stereocenters. The summed E-state index contributed by atoms with van der Waals surface area (Å²) in [7, 11) is 0. The molecule has 2 aromatic heterocycles. The Balaban J connectivity index is 2.13. The molecule has 114 valence electrons. The molecule has 0 aromatic carbocycles. The molecule has 0 fully saturated rings. The van der Waals surface area contributed by atoms with Crippen molar-refractivity contribution in [1.29, 1.82) is 0 Å². The lowest BCUT2D eigenvalue weighted by Gasteiger charge is -2.22. The van der Waals surface area contributed by atoms with Crippen molar-refractivity contribution in [2.24, 2.45) is 0 Å². The second-order valence-electron chi connectivity index (χ2n) is 4.44. The molecule has 22 heavy (non-hydrogen) atoms. The first kappa shape index (κ1) is 14.0. The van der Waals surface area contributed by atoms with Crippen LogP contribution in [0, 0.1) is 0 Å². The molecule has 3 heterocycles. The number of pyridine rings is 1. The number of nitrogens with zero attached hydrogens (tertiary/aromatic N) is 4. The number of hydrogen-bond acceptors (Lipinski definition) is 5. The summed E-state index contributed by atoms with van der Waals surface area (Å²) in [6.45, 7) is 0. The third kappa shape index (κ3) is 2.38. The van der Waals surface area contributed by atoms with Crippen molar-refractivity contribution >= 4 is 11.9 Å². The number of allylic oxidation sites excluding steroid dienone is 1. The number of carboxylic acids is 1. The Morgan fingerprint density at radius 1 is 1.32 bits per heavy atom. The third-order valence-electron chi connectivity index (χ3n) is 3.00. The van der Waals surface area contributed by atoms with Crippen LogP contribution < -0.4 is 5.32 Å². The molecule has 2 N–H and O–H groups in total. The number of hydrogen-bond donors (Lipinski definition) is 2. The first-order valence-electron chi connectivity index (χ1n) is 6.02. The highest BCUT2D eigenvalue weighted by molar-refractivity contribution is 5.90. The third-order valence-corrected chi connectivity index (χ3v) is 3.00. The van der Waals surface area contributed by atoms with Gasteiger partial charge < -0.3 is 10.4 Å². The zero-order valence-corrected chi connectivity index (χ0v) is 10.7. The highest BCUT2D eigenvalue weighted by Gasteiger charge is 2.39. The Bertz CT molecular complexity index is 754. The zero-order valence-electron chi connectivity index (χ0n) is 10.7. The van der Waals surface area contributed by atoms with Gasteiger partial charge in [-0.15, -0.1) is 5.10 Å². The van der Waals surface area contributed by atoms with Crippen molar-refractivity contribution in [3.8, 4) is 0 Å². The average molecular weight is 311 g/mol. The topological polar surface area (TPSA) is 92.9 Å². The summed E-state index contributed by atoms with van der Waals surface area (Å²) in [4.78, 5) is 18.3. The van der Waals surface area contributed by atoms with Gasteiger partial charge >= 0.3 is 12.1 Å². The number of carboxylic acid groups (broad SMARTS) is 1. The first-order valence-corrected chi connectivity index (χ1v) is 6.02. The van der Waals surface area contributed by atoms with Gasteiger partial charge in [0.1, 0.15) is 11.7 Å². The fourth-order valence-electron chi connectivity index (χ4n) is 2.04. The average Bonchev–Trinajstić information content (AvgIpc) is 2.91. The number of aliphatic carboxylic acids is 1. The summed E-state index contributed by atoms with van der Waals surface area (Å²) in [5.41, 5.74) is 0.269. The molecule has 1 unspecified atom stereocenters. The predicted molar refractivity (Wildman–Crippen MR) is 66.7 cm³/mol. The van der Waals surface area contributed by atoms with Gasteiger partial charge in [-0.05, 0) is 23.8 Å². The minimum atomic E-state index is -4.72. The lowest BCUT2D eigenvalue weighted by Crippen LogP contribution is -2.24. The molecule has 3 rings (SSSR count). The van der Waals surface area contributed by atoms with Gasteiger partial charge in [-0.2, -0.15) is 18.2 Å². The predicted octanol–water partition coefficient (Wildman–Crippen LogP) is 1.68. The fourth-order valence-corrected chi connectivity index (χ4v) is 2.04. The van der Waals surface area contributed by atoms with Crippen LogP contribution in [0.4, 0.5) is 19.1 Å². The number of fused-ring (bicyclic) bond motifs is 1. The van der Waals surface area contributed by atoms with E-state index in [1.54, 1.807) is 12.1 Å². The molecular formula is C12H8F3N5O2. The molecule has 1 aliphatic heterocycles. The van der Waals surface area contributed by atoms with Gasteiger partial charge in [0, 0.05) is 12.4 Å². The van der Waals surface area contributed by atoms with Crippen molar-refractivity contribution in [1.82, 2.24) is 19.7 Å². The highest BCUT2D eigenvalue weighted by atomic mass is 19.4. The molecule has 1 aliphatic rings. The minimum Gasteiger partial charge on any atom is -0.477 e. The van der Waals surface area contributed by atoms with Crippen LogP contribution in [0.5, 0.6) is 0 Å². The summed E-state index contributed by atoms with van der Waals surface area (Å²) in [6.07, 6.45) is -0.558. The van der Waals surface area contributed by atoms with Crippen molar-refractivity contribution in [3.05, 3.63) is 47.7 Å². The van der Waals surface area contributed by atoms with Crippen molar-refractivity contribution in [2.75, 3.05) is 5.32 Å². The maximum absolute atomic E-state index is 12.8. The van der Waals surface area contributed by atoms with Gasteiger partial charge in [0.15, 0.2) is 0 Å². The monoisotopic (exact) mass is 311 g/mol. The van der Waals surface area contributed by atoms with E-state index in [1.807, 2.05) is 0 Å². The Labute approximate surface area is 121 Å². The Hall–Kier alpha value is -2.91. The van der Waals surface area contributed by atoms with E-state index in [2.05, 4.69) is 20.4 Å². The van der Waals surface area contributed by atoms with Crippen LogP contribution in [0.25, 0.3) is 0 Å². The molecule has 0 amide bonds. The molecule has 7 nitrogen and oxygen atoms in total. The number of halogens is 3. The molecule has 0 spiro atoms. The number of anilines is 1. The molecule has 0 bridgehead atoms. The largest absolute Gasteiger partial charge is 0.477 e. The van der Waals surface area contributed by atoms with Crippen LogP contribution in [0.3, 0.4) is 0 Å². The Morgan fingerprint density at radius 2 is 2.00 bits per heavy atom. The Kier molecular flexibility index (Phi) is 3.08. The fraction of sp³-hybridized carbons (Fsp3) is 0.167. The van der Waals surface area contributed by atoms with Crippen molar-refractivity contribution < 1.29 is 23.1 Å². The van der Waals surface area contributed by atoms with Gasteiger partial charge in [0.2, 0.25) is 5.95 Å². The number of aromatic nitrogens is 4. The van der Waals surface area contributed by atoms with E-state index in [0.29, 0.717) is 5.56 Å².